The van der Waals surface area contributed by atoms with E-state index in [9.17, 15) is 4.79 Å². The van der Waals surface area contributed by atoms with Gasteiger partial charge in [0.25, 0.3) is 0 Å². The fourth-order valence-electron chi connectivity index (χ4n) is 3.50. The Balaban J connectivity index is 1.57. The van der Waals surface area contributed by atoms with Gasteiger partial charge in [-0.05, 0) is 24.1 Å². The molecule has 1 unspecified atom stereocenters. The number of nitrogens with zero attached hydrogens (tertiary/aromatic N) is 2. The van der Waals surface area contributed by atoms with E-state index >= 15 is 0 Å². The number of ether oxygens (including phenoxy) is 2. The van der Waals surface area contributed by atoms with Gasteiger partial charge in [0.15, 0.2) is 5.96 Å². The second-order valence-corrected chi connectivity index (χ2v) is 7.14. The summed E-state index contributed by atoms with van der Waals surface area (Å²) in [7, 11) is 5.05. The lowest BCUT2D eigenvalue weighted by molar-refractivity contribution is 0.1000. The van der Waals surface area contributed by atoms with Crippen molar-refractivity contribution in [3.8, 4) is 11.5 Å². The van der Waals surface area contributed by atoms with Gasteiger partial charge in [0.1, 0.15) is 11.5 Å². The first-order valence-corrected chi connectivity index (χ1v) is 9.86. The lowest BCUT2D eigenvalue weighted by atomic mass is 10.1. The van der Waals surface area contributed by atoms with Gasteiger partial charge in [-0.1, -0.05) is 12.1 Å². The summed E-state index contributed by atoms with van der Waals surface area (Å²) in [5.41, 5.74) is 7.89. The number of methoxy groups -OCH3 is 2. The van der Waals surface area contributed by atoms with Gasteiger partial charge in [0.05, 0.1) is 14.2 Å². The van der Waals surface area contributed by atoms with Gasteiger partial charge < -0.3 is 30.7 Å². The summed E-state index contributed by atoms with van der Waals surface area (Å²) >= 11 is 0. The molecule has 4 N–H and O–H groups in total. The van der Waals surface area contributed by atoms with E-state index in [1.807, 2.05) is 30.3 Å². The van der Waals surface area contributed by atoms with Crippen LogP contribution < -0.4 is 30.7 Å². The molecule has 1 aliphatic heterocycles. The third kappa shape index (κ3) is 5.34. The van der Waals surface area contributed by atoms with Crippen molar-refractivity contribution in [3.63, 3.8) is 0 Å². The normalized spacial score (nSPS) is 16.3. The molecule has 160 valence electrons. The molecule has 0 aliphatic carbocycles. The minimum absolute atomic E-state index is 0.255. The molecule has 1 fully saturated rings. The lowest BCUT2D eigenvalue weighted by Gasteiger charge is -2.21. The van der Waals surface area contributed by atoms with Gasteiger partial charge in [-0.2, -0.15) is 0 Å². The molecule has 8 heteroatoms. The molecule has 30 heavy (non-hydrogen) atoms. The summed E-state index contributed by atoms with van der Waals surface area (Å²) in [6, 6.07) is 13.4. The standard InChI is InChI=1S/C22H29N5O3/c1-24-22(25-13-15-5-4-6-16(9-15)21(23)28)26-17-7-8-27(14-17)18-10-19(29-2)12-20(11-18)30-3/h4-6,9-12,17H,7-8,13-14H2,1-3H3,(H2,23,28)(H2,24,25,26). The fourth-order valence-corrected chi connectivity index (χ4v) is 3.50. The van der Waals surface area contributed by atoms with Gasteiger partial charge in [-0.3, -0.25) is 9.79 Å². The molecule has 0 radical (unpaired) electrons. The number of rotatable bonds is 7. The summed E-state index contributed by atoms with van der Waals surface area (Å²) in [5, 5.41) is 6.77. The summed E-state index contributed by atoms with van der Waals surface area (Å²) in [5.74, 6) is 1.84. The van der Waals surface area contributed by atoms with Crippen LogP contribution in [0, 0.1) is 0 Å². The largest absolute Gasteiger partial charge is 0.497 e. The van der Waals surface area contributed by atoms with Crippen LogP contribution in [-0.4, -0.2) is 52.3 Å². The number of nitrogens with one attached hydrogen (secondary N) is 2. The molecule has 1 amide bonds. The quantitative estimate of drug-likeness (QED) is 0.474. The number of carbonyl (C=O) groups is 1. The molecule has 3 rings (SSSR count). The van der Waals surface area contributed by atoms with Crippen molar-refractivity contribution in [2.45, 2.75) is 19.0 Å². The molecule has 8 nitrogen and oxygen atoms in total. The molecule has 1 aliphatic rings. The lowest BCUT2D eigenvalue weighted by Crippen LogP contribution is -2.44. The average Bonchev–Trinajstić information content (AvgIpc) is 3.25. The smallest absolute Gasteiger partial charge is 0.248 e. The number of nitrogens with two attached hydrogens (primary N) is 1. The highest BCUT2D eigenvalue weighted by Gasteiger charge is 2.24. The number of primary amides is 1. The Morgan fingerprint density at radius 3 is 2.57 bits per heavy atom. The van der Waals surface area contributed by atoms with Gasteiger partial charge >= 0.3 is 0 Å². The second kappa shape index (κ2) is 9.87. The summed E-state index contributed by atoms with van der Waals surface area (Å²) < 4.78 is 10.8. The zero-order chi connectivity index (χ0) is 21.5. The van der Waals surface area contributed by atoms with E-state index < -0.39 is 5.91 Å². The third-order valence-corrected chi connectivity index (χ3v) is 5.13. The van der Waals surface area contributed by atoms with Crippen molar-refractivity contribution < 1.29 is 14.3 Å². The molecular weight excluding hydrogens is 382 g/mol. The summed E-state index contributed by atoms with van der Waals surface area (Å²) in [6.07, 6.45) is 0.984. The fraction of sp³-hybridized carbons (Fsp3) is 0.364. The van der Waals surface area contributed by atoms with Crippen LogP contribution in [0.2, 0.25) is 0 Å². The van der Waals surface area contributed by atoms with Crippen molar-refractivity contribution in [2.24, 2.45) is 10.7 Å². The van der Waals surface area contributed by atoms with E-state index in [0.717, 1.165) is 48.2 Å². The van der Waals surface area contributed by atoms with Crippen molar-refractivity contribution >= 4 is 17.6 Å². The van der Waals surface area contributed by atoms with E-state index in [4.69, 9.17) is 15.2 Å². The van der Waals surface area contributed by atoms with Gasteiger partial charge in [-0.25, -0.2) is 0 Å². The molecular formula is C22H29N5O3. The first-order valence-electron chi connectivity index (χ1n) is 9.86. The topological polar surface area (TPSA) is 101 Å². The molecule has 0 spiro atoms. The van der Waals surface area contributed by atoms with Crippen molar-refractivity contribution in [3.05, 3.63) is 53.6 Å². The van der Waals surface area contributed by atoms with E-state index in [1.54, 1.807) is 33.4 Å². The molecule has 0 bridgehead atoms. The zero-order valence-electron chi connectivity index (χ0n) is 17.6. The first kappa shape index (κ1) is 21.3. The van der Waals surface area contributed by atoms with E-state index in [1.165, 1.54) is 0 Å². The van der Waals surface area contributed by atoms with Crippen LogP contribution in [0.1, 0.15) is 22.3 Å². The number of hydrogen-bond acceptors (Lipinski definition) is 5. The van der Waals surface area contributed by atoms with Crippen LogP contribution in [0.4, 0.5) is 5.69 Å². The summed E-state index contributed by atoms with van der Waals surface area (Å²) in [6.45, 7) is 2.31. The molecule has 2 aromatic carbocycles. The molecule has 1 atom stereocenters. The Bertz CT molecular complexity index is 893. The van der Waals surface area contributed by atoms with Gasteiger partial charge in [-0.15, -0.1) is 0 Å². The minimum Gasteiger partial charge on any atom is -0.497 e. The number of carbonyl (C=O) groups excluding carboxylic acids is 1. The van der Waals surface area contributed by atoms with Crippen LogP contribution in [-0.2, 0) is 6.54 Å². The Morgan fingerprint density at radius 2 is 1.93 bits per heavy atom. The van der Waals surface area contributed by atoms with E-state index in [2.05, 4.69) is 20.5 Å². The molecule has 1 saturated heterocycles. The third-order valence-electron chi connectivity index (χ3n) is 5.13. The van der Waals surface area contributed by atoms with Crippen LogP contribution in [0.15, 0.2) is 47.5 Å². The summed E-state index contributed by atoms with van der Waals surface area (Å²) in [4.78, 5) is 18.0. The molecule has 1 heterocycles. The highest BCUT2D eigenvalue weighted by molar-refractivity contribution is 5.92. The zero-order valence-corrected chi connectivity index (χ0v) is 17.6. The van der Waals surface area contributed by atoms with Crippen molar-refractivity contribution in [1.29, 1.82) is 0 Å². The predicted octanol–water partition coefficient (Wildman–Crippen LogP) is 1.75. The number of anilines is 1. The Kier molecular flexibility index (Phi) is 7.00. The monoisotopic (exact) mass is 411 g/mol. The Hall–Kier alpha value is -3.42. The number of aliphatic imine (C=N–C) groups is 1. The maximum absolute atomic E-state index is 11.4. The highest BCUT2D eigenvalue weighted by Crippen LogP contribution is 2.30. The number of hydrogen-bond donors (Lipinski definition) is 3. The minimum atomic E-state index is -0.431. The molecule has 0 saturated carbocycles. The Morgan fingerprint density at radius 1 is 1.20 bits per heavy atom. The number of benzene rings is 2. The molecule has 2 aromatic rings. The van der Waals surface area contributed by atoms with E-state index in [0.29, 0.717) is 12.1 Å². The van der Waals surface area contributed by atoms with Crippen molar-refractivity contribution in [2.75, 3.05) is 39.3 Å². The van der Waals surface area contributed by atoms with E-state index in [-0.39, 0.29) is 6.04 Å². The highest BCUT2D eigenvalue weighted by atomic mass is 16.5. The second-order valence-electron chi connectivity index (χ2n) is 7.14. The molecule has 0 aromatic heterocycles. The number of amides is 1. The van der Waals surface area contributed by atoms with Crippen LogP contribution in [0.3, 0.4) is 0 Å². The number of guanidine groups is 1. The van der Waals surface area contributed by atoms with Crippen molar-refractivity contribution in [1.82, 2.24) is 10.6 Å². The van der Waals surface area contributed by atoms with Gasteiger partial charge in [0.2, 0.25) is 5.91 Å². The van der Waals surface area contributed by atoms with Crippen LogP contribution in [0.5, 0.6) is 11.5 Å². The SMILES string of the molecule is CN=C(NCc1cccc(C(N)=O)c1)NC1CCN(c2cc(OC)cc(OC)c2)C1. The van der Waals surface area contributed by atoms with Gasteiger partial charge in [0, 0.05) is 62.2 Å². The predicted molar refractivity (Wildman–Crippen MR) is 118 cm³/mol. The Labute approximate surface area is 177 Å². The van der Waals surface area contributed by atoms with Crippen LogP contribution >= 0.6 is 0 Å². The maximum Gasteiger partial charge on any atom is 0.248 e. The first-order chi connectivity index (χ1) is 14.5. The maximum atomic E-state index is 11.4. The average molecular weight is 412 g/mol. The van der Waals surface area contributed by atoms with Crippen LogP contribution in [0.25, 0.3) is 0 Å².